The molecular weight excluding hydrogens is 350 g/mol. The van der Waals surface area contributed by atoms with Gasteiger partial charge in [0.2, 0.25) is 0 Å². The van der Waals surface area contributed by atoms with Gasteiger partial charge in [0, 0.05) is 6.20 Å². The van der Waals surface area contributed by atoms with Gasteiger partial charge in [-0.15, -0.1) is 0 Å². The van der Waals surface area contributed by atoms with Gasteiger partial charge in [0.1, 0.15) is 27.5 Å². The molecule has 0 aliphatic heterocycles. The number of aromatic nitrogens is 3. The van der Waals surface area contributed by atoms with Gasteiger partial charge in [-0.3, -0.25) is 14.6 Å². The summed E-state index contributed by atoms with van der Waals surface area (Å²) < 4.78 is 8.47. The van der Waals surface area contributed by atoms with Gasteiger partial charge in [0.05, 0.1) is 23.8 Å². The van der Waals surface area contributed by atoms with Gasteiger partial charge in [-0.25, -0.2) is 4.98 Å². The lowest BCUT2D eigenvalue weighted by atomic mass is 10.2. The number of rotatable bonds is 3. The predicted molar refractivity (Wildman–Crippen MR) is 101 cm³/mol. The average Bonchev–Trinajstić information content (AvgIpc) is 3.11. The number of hydrogen-bond acceptors (Lipinski definition) is 5. The smallest absolute Gasteiger partial charge is 0.267 e. The molecule has 8 heteroatoms. The van der Waals surface area contributed by atoms with E-state index in [1.807, 2.05) is 13.0 Å². The second-order valence-electron chi connectivity index (χ2n) is 6.03. The molecule has 3 N–H and O–H groups in total. The molecule has 0 amide bonds. The number of hydrogen-bond donors (Lipinski definition) is 2. The van der Waals surface area contributed by atoms with E-state index in [1.165, 1.54) is 4.40 Å². The lowest BCUT2D eigenvalue weighted by Gasteiger charge is -2.13. The molecule has 0 fully saturated rings. The first kappa shape index (κ1) is 16.2. The number of thiocarbonyl (C=S) groups is 1. The van der Waals surface area contributed by atoms with E-state index in [9.17, 15) is 4.79 Å². The summed E-state index contributed by atoms with van der Waals surface area (Å²) in [4.78, 5) is 17.7. The van der Waals surface area contributed by atoms with Crippen LogP contribution in [-0.2, 0) is 6.54 Å². The van der Waals surface area contributed by atoms with Crippen molar-refractivity contribution in [3.05, 3.63) is 75.5 Å². The monoisotopic (exact) mass is 365 g/mol. The van der Waals surface area contributed by atoms with Crippen LogP contribution in [0.15, 0.2) is 52.0 Å². The van der Waals surface area contributed by atoms with Crippen LogP contribution in [-0.4, -0.2) is 18.9 Å². The largest absolute Gasteiger partial charge is 0.467 e. The number of nitrogens with two attached hydrogens (primary N) is 1. The third-order valence-corrected chi connectivity index (χ3v) is 4.43. The predicted octanol–water partition coefficient (Wildman–Crippen LogP) is 1.71. The van der Waals surface area contributed by atoms with Gasteiger partial charge in [-0.2, -0.15) is 0 Å². The first-order chi connectivity index (χ1) is 12.5. The Morgan fingerprint density at radius 3 is 2.88 bits per heavy atom. The van der Waals surface area contributed by atoms with Crippen molar-refractivity contribution >= 4 is 33.9 Å². The van der Waals surface area contributed by atoms with Gasteiger partial charge < -0.3 is 14.7 Å². The minimum Gasteiger partial charge on any atom is -0.467 e. The lowest BCUT2D eigenvalue weighted by Crippen LogP contribution is -2.32. The molecule has 4 aromatic heterocycles. The van der Waals surface area contributed by atoms with Crippen molar-refractivity contribution in [2.75, 3.05) is 0 Å². The van der Waals surface area contributed by atoms with Crippen LogP contribution in [0, 0.1) is 12.3 Å². The third-order valence-electron chi connectivity index (χ3n) is 4.21. The summed E-state index contributed by atoms with van der Waals surface area (Å²) in [5, 5.41) is 8.82. The van der Waals surface area contributed by atoms with Crippen LogP contribution in [0.2, 0.25) is 0 Å². The van der Waals surface area contributed by atoms with E-state index in [2.05, 4.69) is 4.98 Å². The first-order valence-electron chi connectivity index (χ1n) is 7.89. The molecule has 130 valence electrons. The van der Waals surface area contributed by atoms with E-state index < -0.39 is 0 Å². The second-order valence-corrected chi connectivity index (χ2v) is 6.47. The quantitative estimate of drug-likeness (QED) is 0.425. The summed E-state index contributed by atoms with van der Waals surface area (Å²) in [7, 11) is 0. The van der Waals surface area contributed by atoms with E-state index in [4.69, 9.17) is 27.8 Å². The Kier molecular flexibility index (Phi) is 3.69. The molecule has 4 heterocycles. The van der Waals surface area contributed by atoms with E-state index in [0.717, 1.165) is 5.56 Å². The van der Waals surface area contributed by atoms with E-state index in [0.29, 0.717) is 28.0 Å². The molecule has 0 bridgehead atoms. The van der Waals surface area contributed by atoms with Crippen molar-refractivity contribution in [3.8, 4) is 0 Å². The van der Waals surface area contributed by atoms with Gasteiger partial charge in [-0.05, 0) is 36.8 Å². The molecule has 4 rings (SSSR count). The zero-order valence-electron chi connectivity index (χ0n) is 13.9. The highest BCUT2D eigenvalue weighted by atomic mass is 32.1. The number of nitrogens with zero attached hydrogens (tertiary/aromatic N) is 3. The van der Waals surface area contributed by atoms with Gasteiger partial charge in [0.15, 0.2) is 0 Å². The Morgan fingerprint density at radius 1 is 1.38 bits per heavy atom. The molecule has 0 spiro atoms. The van der Waals surface area contributed by atoms with Crippen LogP contribution >= 0.6 is 12.2 Å². The molecule has 0 saturated heterocycles. The number of pyridine rings is 2. The summed E-state index contributed by atoms with van der Waals surface area (Å²) in [6, 6.07) is 8.76. The second kappa shape index (κ2) is 5.92. The maximum absolute atomic E-state index is 13.0. The zero-order valence-corrected chi connectivity index (χ0v) is 14.7. The Labute approximate surface area is 152 Å². The van der Waals surface area contributed by atoms with Crippen molar-refractivity contribution in [2.24, 2.45) is 5.73 Å². The Morgan fingerprint density at radius 2 is 2.19 bits per heavy atom. The molecule has 4 aromatic rings. The van der Waals surface area contributed by atoms with Crippen LogP contribution < -0.4 is 16.8 Å². The summed E-state index contributed by atoms with van der Waals surface area (Å²) in [5.41, 5.74) is 7.79. The van der Waals surface area contributed by atoms with Gasteiger partial charge in [-0.1, -0.05) is 18.3 Å². The van der Waals surface area contributed by atoms with Crippen LogP contribution in [0.5, 0.6) is 0 Å². The molecule has 0 unspecified atom stereocenters. The van der Waals surface area contributed by atoms with Gasteiger partial charge >= 0.3 is 0 Å². The van der Waals surface area contributed by atoms with E-state index >= 15 is 0 Å². The summed E-state index contributed by atoms with van der Waals surface area (Å²) in [5.74, 6) is 0.635. The van der Waals surface area contributed by atoms with Gasteiger partial charge in [0.25, 0.3) is 5.56 Å². The van der Waals surface area contributed by atoms with E-state index in [1.54, 1.807) is 41.3 Å². The lowest BCUT2D eigenvalue weighted by molar-refractivity contribution is 0.491. The summed E-state index contributed by atoms with van der Waals surface area (Å²) >= 11 is 5.07. The molecule has 26 heavy (non-hydrogen) atoms. The number of furan rings is 1. The fourth-order valence-electron chi connectivity index (χ4n) is 2.94. The normalized spacial score (nSPS) is 11.3. The molecule has 7 nitrogen and oxygen atoms in total. The molecule has 0 aromatic carbocycles. The third kappa shape index (κ3) is 2.51. The number of fused-ring (bicyclic) bond motifs is 2. The first-order valence-corrected chi connectivity index (χ1v) is 8.30. The number of nitrogens with one attached hydrogen (secondary N) is 1. The van der Waals surface area contributed by atoms with Crippen molar-refractivity contribution in [1.82, 2.24) is 14.0 Å². The highest BCUT2D eigenvalue weighted by Crippen LogP contribution is 2.13. The minimum absolute atomic E-state index is 0.0545. The molecule has 0 saturated carbocycles. The summed E-state index contributed by atoms with van der Waals surface area (Å²) in [6.07, 6.45) is 3.29. The minimum atomic E-state index is -0.237. The average molecular weight is 365 g/mol. The van der Waals surface area contributed by atoms with Crippen LogP contribution in [0.3, 0.4) is 0 Å². The van der Waals surface area contributed by atoms with Crippen LogP contribution in [0.4, 0.5) is 0 Å². The highest BCUT2D eigenvalue weighted by Gasteiger charge is 2.15. The molecule has 0 aliphatic rings. The highest BCUT2D eigenvalue weighted by molar-refractivity contribution is 7.80. The molecular formula is C18H15N5O2S. The maximum atomic E-state index is 13.0. The Balaban J connectivity index is 2.16. The van der Waals surface area contributed by atoms with Crippen LogP contribution in [0.1, 0.15) is 16.9 Å². The Bertz CT molecular complexity index is 1290. The summed E-state index contributed by atoms with van der Waals surface area (Å²) in [6.45, 7) is 2.15. The number of aryl methyl sites for hydroxylation is 1. The fraction of sp³-hybridized carbons (Fsp3) is 0.111. The van der Waals surface area contributed by atoms with Crippen molar-refractivity contribution in [2.45, 2.75) is 13.5 Å². The van der Waals surface area contributed by atoms with Crippen LogP contribution in [0.25, 0.3) is 16.7 Å². The maximum Gasteiger partial charge on any atom is 0.267 e. The SMILES string of the molecule is Cc1ccc2nc3c(cc(C(N)=S)c(=N)n3Cc3ccco3)c(=O)n2c1. The zero-order chi connectivity index (χ0) is 18.4. The van der Waals surface area contributed by atoms with Crippen molar-refractivity contribution in [3.63, 3.8) is 0 Å². The standard InChI is InChI=1S/C18H15N5O2S/c1-10-4-5-14-21-17-13(18(24)22(14)8-10)7-12(16(20)26)15(19)23(17)9-11-3-2-6-25-11/h2-8,19H,9H2,1H3,(H2,20,26). The molecule has 0 radical (unpaired) electrons. The Hall–Kier alpha value is -3.26. The topological polar surface area (TPSA) is 102 Å². The van der Waals surface area contributed by atoms with Crippen molar-refractivity contribution in [1.29, 1.82) is 5.41 Å². The molecule has 0 aliphatic carbocycles. The fourth-order valence-corrected chi connectivity index (χ4v) is 3.10. The van der Waals surface area contributed by atoms with Crippen molar-refractivity contribution < 1.29 is 4.42 Å². The van der Waals surface area contributed by atoms with E-state index in [-0.39, 0.29) is 22.6 Å². The molecule has 0 atom stereocenters.